The second kappa shape index (κ2) is 50.9. The van der Waals surface area contributed by atoms with Gasteiger partial charge in [0.25, 0.3) is 0 Å². The molecule has 0 spiro atoms. The van der Waals surface area contributed by atoms with Gasteiger partial charge in [-0.3, -0.25) is 0 Å². The number of likely N-dealkylation sites (N-methyl/N-ethyl adjacent to an activating group) is 1. The lowest BCUT2D eigenvalue weighted by molar-refractivity contribution is 0.104. The first kappa shape index (κ1) is 109. The zero-order valence-corrected chi connectivity index (χ0v) is 82.8. The van der Waals surface area contributed by atoms with Crippen molar-refractivity contribution in [1.82, 2.24) is 31.9 Å². The van der Waals surface area contributed by atoms with E-state index >= 15 is 0 Å². The van der Waals surface area contributed by atoms with Gasteiger partial charge in [-0.2, -0.15) is 0 Å². The van der Waals surface area contributed by atoms with Crippen molar-refractivity contribution >= 4 is 17.4 Å². The molecule has 14 nitrogen and oxygen atoms in total. The van der Waals surface area contributed by atoms with Crippen molar-refractivity contribution in [3.05, 3.63) is 184 Å². The highest BCUT2D eigenvalue weighted by atomic mass is 32.2. The molecule has 0 saturated carbocycles. The van der Waals surface area contributed by atoms with Gasteiger partial charge >= 0.3 is 0 Å². The Hall–Kier alpha value is -5.21. The van der Waals surface area contributed by atoms with Crippen LogP contribution in [0.5, 0.6) is 5.75 Å². The Balaban J connectivity index is 0.000000697. The Kier molecular flexibility index (Phi) is 47.7. The van der Waals surface area contributed by atoms with Crippen molar-refractivity contribution in [3.63, 3.8) is 0 Å². The molecule has 0 saturated heterocycles. The molecular formula is C101H173N7O7S. The number of nitrogens with zero attached hydrogens (tertiary/aromatic N) is 1. The fourth-order valence-electron chi connectivity index (χ4n) is 15.2. The topological polar surface area (TPSA) is 206 Å². The zero-order chi connectivity index (χ0) is 90.0. The Morgan fingerprint density at radius 3 is 0.914 bits per heavy atom. The molecule has 6 atom stereocenters. The molecule has 6 rings (SSSR count). The smallest absolute Gasteiger partial charge is 0.125 e. The molecule has 12 N–H and O–H groups in total. The summed E-state index contributed by atoms with van der Waals surface area (Å²) in [4.78, 5) is 3.53. The van der Waals surface area contributed by atoms with E-state index in [4.69, 9.17) is 4.74 Å². The fraction of sp³-hybridized carbons (Fsp3) is 0.644. The van der Waals surface area contributed by atoms with Gasteiger partial charge < -0.3 is 72.2 Å². The number of ether oxygens (including phenoxy) is 1. The first-order valence-corrected chi connectivity index (χ1v) is 44.3. The maximum Gasteiger partial charge on any atom is 0.125 e. The van der Waals surface area contributed by atoms with E-state index in [2.05, 4.69) is 335 Å². The van der Waals surface area contributed by atoms with Gasteiger partial charge in [-0.1, -0.05) is 83.1 Å². The quantitative estimate of drug-likeness (QED) is 0.0183. The van der Waals surface area contributed by atoms with Gasteiger partial charge in [-0.25, -0.2) is 0 Å². The summed E-state index contributed by atoms with van der Waals surface area (Å²) < 4.78 is 5.89. The number of aliphatic hydroxyl groups is 6. The summed E-state index contributed by atoms with van der Waals surface area (Å²) in [6.45, 7) is 94.2. The third-order valence-electron chi connectivity index (χ3n) is 25.4. The van der Waals surface area contributed by atoms with Crippen LogP contribution in [0, 0.1) is 208 Å². The number of nitrogens with one attached hydrogen (secondary N) is 6. The molecule has 0 aliphatic rings. The minimum Gasteiger partial charge on any atom is -0.490 e. The first-order chi connectivity index (χ1) is 53.5. The van der Waals surface area contributed by atoms with Crippen LogP contribution in [0.1, 0.15) is 279 Å². The van der Waals surface area contributed by atoms with Crippen molar-refractivity contribution in [2.75, 3.05) is 70.2 Å². The van der Waals surface area contributed by atoms with Crippen LogP contribution in [-0.2, 0) is 6.42 Å². The van der Waals surface area contributed by atoms with Gasteiger partial charge in [-0.05, 0) is 391 Å². The summed E-state index contributed by atoms with van der Waals surface area (Å²) >= 11 is 1.78. The number of thioether (sulfide) groups is 1. The van der Waals surface area contributed by atoms with Crippen molar-refractivity contribution in [3.8, 4) is 5.75 Å². The minimum absolute atomic E-state index is 0.0306. The Labute approximate surface area is 715 Å². The van der Waals surface area contributed by atoms with Gasteiger partial charge in [-0.15, -0.1) is 11.8 Å². The number of aliphatic hydroxyl groups excluding tert-OH is 6. The number of rotatable bonds is 31. The van der Waals surface area contributed by atoms with E-state index < -0.39 is 12.2 Å². The van der Waals surface area contributed by atoms with E-state index in [1.54, 1.807) is 11.8 Å². The molecule has 6 aromatic rings. The van der Waals surface area contributed by atoms with E-state index in [0.29, 0.717) is 82.1 Å². The van der Waals surface area contributed by atoms with Gasteiger partial charge in [0.2, 0.25) is 0 Å². The van der Waals surface area contributed by atoms with Crippen molar-refractivity contribution in [1.29, 1.82) is 0 Å². The van der Waals surface area contributed by atoms with E-state index in [1.807, 2.05) is 0 Å². The summed E-state index contributed by atoms with van der Waals surface area (Å²) in [7, 11) is 2.07. The predicted octanol–water partition coefficient (Wildman–Crippen LogP) is 19.3. The first-order valence-electron chi connectivity index (χ1n) is 43.3. The molecule has 6 aromatic carbocycles. The number of benzene rings is 6. The average molecular weight is 1630 g/mol. The number of hydrogen-bond donors (Lipinski definition) is 12. The molecular weight excluding hydrogens is 1460 g/mol. The van der Waals surface area contributed by atoms with E-state index in [0.717, 1.165) is 23.5 Å². The molecule has 0 heterocycles. The lowest BCUT2D eigenvalue weighted by Crippen LogP contribution is -2.39. The predicted molar refractivity (Wildman–Crippen MR) is 507 cm³/mol. The summed E-state index contributed by atoms with van der Waals surface area (Å²) in [5.74, 6) is 1.66. The molecule has 660 valence electrons. The Morgan fingerprint density at radius 1 is 0.302 bits per heavy atom. The monoisotopic (exact) mass is 1630 g/mol. The lowest BCUT2D eigenvalue weighted by atomic mass is 9.86. The van der Waals surface area contributed by atoms with Crippen LogP contribution in [0.4, 0.5) is 5.69 Å². The maximum absolute atomic E-state index is 10.4. The third-order valence-corrected chi connectivity index (χ3v) is 26.9. The SMILES string of the molecule is Cc1c(C)c(C)c(C(CO)NC(C)C)c(C)c1C.Cc1c(C)c(C)c(C(O)CNC(C)C)c(C)c1C.Cc1c(C)c(C)c(CC(O)CNC(C)C)c(C)c1C.Cc1c(C)c(C)c(N(C)CC(O)CNC(C)C)c(C)c1C.Cc1c(C)c(C)c(OCC(O)CNC(C)C)c(C)c1C.Cc1c(C)c(C)c(SCC(O)CNC(C)C)c(C)c1C. The summed E-state index contributed by atoms with van der Waals surface area (Å²) in [5, 5.41) is 80.3. The molecule has 0 aliphatic carbocycles. The second-order valence-corrected chi connectivity index (χ2v) is 36.8. The Bertz CT molecular complexity index is 3830. The molecule has 6 unspecified atom stereocenters. The molecule has 0 aliphatic heterocycles. The van der Waals surface area contributed by atoms with E-state index in [1.165, 1.54) is 189 Å². The fourth-order valence-corrected chi connectivity index (χ4v) is 16.4. The maximum atomic E-state index is 10.4. The third kappa shape index (κ3) is 31.7. The van der Waals surface area contributed by atoms with Crippen LogP contribution in [0.3, 0.4) is 0 Å². The highest BCUT2D eigenvalue weighted by molar-refractivity contribution is 7.99. The van der Waals surface area contributed by atoms with Crippen LogP contribution < -0.4 is 41.5 Å². The summed E-state index contributed by atoms with van der Waals surface area (Å²) in [5.41, 5.74) is 44.7. The normalized spacial score (nSPS) is 13.0. The van der Waals surface area contributed by atoms with Gasteiger partial charge in [0.15, 0.2) is 0 Å². The molecule has 0 aromatic heterocycles. The summed E-state index contributed by atoms with van der Waals surface area (Å²) in [6.07, 6.45) is -1.16. The van der Waals surface area contributed by atoms with E-state index in [9.17, 15) is 30.6 Å². The largest absolute Gasteiger partial charge is 0.490 e. The minimum atomic E-state index is -0.488. The van der Waals surface area contributed by atoms with Crippen LogP contribution >= 0.6 is 11.8 Å². The zero-order valence-electron chi connectivity index (χ0n) is 81.9. The molecule has 0 bridgehead atoms. The van der Waals surface area contributed by atoms with Crippen LogP contribution in [-0.4, -0.2) is 157 Å². The van der Waals surface area contributed by atoms with Crippen LogP contribution in [0.25, 0.3) is 0 Å². The van der Waals surface area contributed by atoms with E-state index in [-0.39, 0.29) is 31.0 Å². The number of anilines is 1. The Morgan fingerprint density at radius 2 is 0.578 bits per heavy atom. The molecule has 0 fully saturated rings. The lowest BCUT2D eigenvalue weighted by Gasteiger charge is -2.29. The van der Waals surface area contributed by atoms with Crippen LogP contribution in [0.15, 0.2) is 4.90 Å². The molecule has 0 amide bonds. The van der Waals surface area contributed by atoms with Crippen molar-refractivity contribution in [2.45, 2.75) is 375 Å². The average Bonchev–Trinajstić information content (AvgIpc) is 0.778. The highest BCUT2D eigenvalue weighted by Crippen LogP contribution is 2.38. The van der Waals surface area contributed by atoms with Gasteiger partial charge in [0.05, 0.1) is 37.1 Å². The van der Waals surface area contributed by atoms with Gasteiger partial charge in [0, 0.05) is 105 Å². The van der Waals surface area contributed by atoms with Gasteiger partial charge in [0.1, 0.15) is 18.5 Å². The highest BCUT2D eigenvalue weighted by Gasteiger charge is 2.25. The second-order valence-electron chi connectivity index (χ2n) is 35.8. The molecule has 116 heavy (non-hydrogen) atoms. The molecule has 15 heteroatoms. The van der Waals surface area contributed by atoms with Crippen molar-refractivity contribution in [2.24, 2.45) is 0 Å². The molecule has 0 radical (unpaired) electrons. The number of hydrogen-bond acceptors (Lipinski definition) is 15. The standard InChI is InChI=1S/C18H32N2O.C17H29NO2.C17H29NOS.C17H29NO.2C16H27NO/c1-11(2)19-9-17(21)10-20(8)18-15(6)13(4)12(3)14(5)16(18)7;2*1-10(2)18-8-16(19)9-20-17-14(6)12(4)11(3)13(5)15(17)7;1-10(2)18-9-16(19)8-17-14(6)12(4)11(3)13(5)15(17)7;1-9(2)17-15(8-18)16-13(6)11(4)10(3)12(5)14(16)7;1-9(2)17-8-15(18)16-13(6)11(4)10(3)12(5)14(16)7/h11,17,19,21H,9-10H2,1-8H3;2*10,16,18-19H,8-9H2,1-7H3;10,16,18-19H,8-9H2,1-7H3;2*9,15,17-18H,8H2,1-7H3. The van der Waals surface area contributed by atoms with Crippen LogP contribution in [0.2, 0.25) is 0 Å². The summed E-state index contributed by atoms with van der Waals surface area (Å²) in [6, 6.07) is 2.40. The van der Waals surface area contributed by atoms with Crippen molar-refractivity contribution < 1.29 is 35.4 Å².